The molecule has 2 aliphatic rings. The molecule has 1 saturated carbocycles. The maximum Gasteiger partial charge on any atom is 0.392 e. The van der Waals surface area contributed by atoms with Crippen LogP contribution in [0.4, 0.5) is 13.2 Å². The Morgan fingerprint density at radius 1 is 1.25 bits per heavy atom. The first-order valence-electron chi connectivity index (χ1n) is 7.04. The molecule has 2 N–H and O–H groups in total. The second-order valence-electron chi connectivity index (χ2n) is 5.78. The third-order valence-electron chi connectivity index (χ3n) is 4.50. The summed E-state index contributed by atoms with van der Waals surface area (Å²) in [7, 11) is 1.49. The van der Waals surface area contributed by atoms with Gasteiger partial charge in [-0.25, -0.2) is 0 Å². The van der Waals surface area contributed by atoms with E-state index in [1.807, 2.05) is 0 Å². The van der Waals surface area contributed by atoms with Crippen LogP contribution in [0.15, 0.2) is 0 Å². The third kappa shape index (κ3) is 3.09. The smallest absolute Gasteiger partial charge is 0.390 e. The Morgan fingerprint density at radius 3 is 2.45 bits per heavy atom. The van der Waals surface area contributed by atoms with Gasteiger partial charge in [-0.3, -0.25) is 4.79 Å². The molecule has 0 radical (unpaired) electrons. The Balaban J connectivity index is 2.09. The predicted octanol–water partition coefficient (Wildman–Crippen LogP) is 1.15. The Hall–Kier alpha value is -0.820. The van der Waals surface area contributed by atoms with E-state index < -0.39 is 36.1 Å². The molecule has 2 unspecified atom stereocenters. The summed E-state index contributed by atoms with van der Waals surface area (Å²) in [4.78, 5) is 13.7. The molecule has 0 aromatic rings. The van der Waals surface area contributed by atoms with Crippen molar-refractivity contribution < 1.29 is 23.1 Å². The van der Waals surface area contributed by atoms with Crippen molar-refractivity contribution in [2.24, 2.45) is 11.8 Å². The van der Waals surface area contributed by atoms with Crippen molar-refractivity contribution in [1.82, 2.24) is 10.2 Å². The van der Waals surface area contributed by atoms with E-state index in [2.05, 4.69) is 5.32 Å². The summed E-state index contributed by atoms with van der Waals surface area (Å²) >= 11 is 0. The summed E-state index contributed by atoms with van der Waals surface area (Å²) < 4.78 is 39.1. The van der Waals surface area contributed by atoms with Gasteiger partial charge in [-0.2, -0.15) is 13.2 Å². The molecule has 0 spiro atoms. The number of amides is 1. The first kappa shape index (κ1) is 15.6. The predicted molar refractivity (Wildman–Crippen MR) is 66.9 cm³/mol. The monoisotopic (exact) mass is 294 g/mol. The van der Waals surface area contributed by atoms with Crippen molar-refractivity contribution in [1.29, 1.82) is 0 Å². The van der Waals surface area contributed by atoms with E-state index >= 15 is 0 Å². The average Bonchev–Trinajstić information content (AvgIpc) is 2.82. The molecular formula is C13H21F3N2O2. The molecule has 0 aromatic carbocycles. The second kappa shape index (κ2) is 5.89. The molecule has 2 fully saturated rings. The topological polar surface area (TPSA) is 52.6 Å². The molecule has 7 heteroatoms. The van der Waals surface area contributed by atoms with Gasteiger partial charge in [0.15, 0.2) is 0 Å². The van der Waals surface area contributed by atoms with Crippen molar-refractivity contribution in [3.63, 3.8) is 0 Å². The van der Waals surface area contributed by atoms with Crippen molar-refractivity contribution >= 4 is 5.91 Å². The van der Waals surface area contributed by atoms with Gasteiger partial charge in [-0.05, 0) is 12.8 Å². The Bertz CT molecular complexity index is 362. The molecule has 1 amide bonds. The van der Waals surface area contributed by atoms with Gasteiger partial charge in [-0.15, -0.1) is 0 Å². The number of alkyl halides is 3. The number of carbonyl (C=O) groups excluding carboxylic acids is 1. The summed E-state index contributed by atoms with van der Waals surface area (Å²) in [6.45, 7) is 0.794. The summed E-state index contributed by atoms with van der Waals surface area (Å²) in [6, 6.07) is -0.432. The summed E-state index contributed by atoms with van der Waals surface area (Å²) in [6.07, 6.45) is -3.55. The van der Waals surface area contributed by atoms with Gasteiger partial charge >= 0.3 is 6.18 Å². The van der Waals surface area contributed by atoms with Gasteiger partial charge in [0.25, 0.3) is 0 Å². The zero-order chi connectivity index (χ0) is 14.9. The molecule has 0 bridgehead atoms. The van der Waals surface area contributed by atoms with Crippen LogP contribution in [0.3, 0.4) is 0 Å². The minimum Gasteiger partial charge on any atom is -0.390 e. The first-order chi connectivity index (χ1) is 9.32. The fraction of sp³-hybridized carbons (Fsp3) is 0.923. The van der Waals surface area contributed by atoms with E-state index in [4.69, 9.17) is 0 Å². The second-order valence-corrected chi connectivity index (χ2v) is 5.78. The van der Waals surface area contributed by atoms with Crippen molar-refractivity contribution in [3.05, 3.63) is 0 Å². The van der Waals surface area contributed by atoms with E-state index in [1.54, 1.807) is 0 Å². The van der Waals surface area contributed by atoms with Gasteiger partial charge in [0, 0.05) is 26.1 Å². The van der Waals surface area contributed by atoms with Gasteiger partial charge in [0.05, 0.1) is 18.1 Å². The van der Waals surface area contributed by atoms with Crippen LogP contribution in [0.25, 0.3) is 0 Å². The fourth-order valence-corrected chi connectivity index (χ4v) is 3.29. The van der Waals surface area contributed by atoms with Gasteiger partial charge in [0.2, 0.25) is 5.91 Å². The Labute approximate surface area is 116 Å². The number of rotatable bonds is 2. The van der Waals surface area contributed by atoms with Crippen LogP contribution < -0.4 is 5.32 Å². The molecular weight excluding hydrogens is 273 g/mol. The lowest BCUT2D eigenvalue weighted by Crippen LogP contribution is -2.50. The van der Waals surface area contributed by atoms with E-state index in [1.165, 1.54) is 11.9 Å². The summed E-state index contributed by atoms with van der Waals surface area (Å²) in [5.74, 6) is -3.03. The standard InChI is InChI=1S/C13H21F3N2O2/c1-18(10-6-17-7-11(10)19)12(20)8-4-2-3-5-9(8)13(14,15)16/h8-11,17,19H,2-7H2,1H3/t8?,9?,10-,11-/m1/s1. The summed E-state index contributed by atoms with van der Waals surface area (Å²) in [5, 5.41) is 12.7. The lowest BCUT2D eigenvalue weighted by Gasteiger charge is -2.36. The van der Waals surface area contributed by atoms with Crippen LogP contribution in [0.5, 0.6) is 0 Å². The van der Waals surface area contributed by atoms with E-state index in [0.717, 1.165) is 0 Å². The number of likely N-dealkylation sites (N-methyl/N-ethyl adjacent to an activating group) is 1. The number of nitrogens with one attached hydrogen (secondary N) is 1. The molecule has 0 aromatic heterocycles. The van der Waals surface area contributed by atoms with Gasteiger partial charge < -0.3 is 15.3 Å². The zero-order valence-electron chi connectivity index (χ0n) is 11.5. The van der Waals surface area contributed by atoms with Crippen LogP contribution in [-0.4, -0.2) is 54.4 Å². The van der Waals surface area contributed by atoms with E-state index in [9.17, 15) is 23.1 Å². The lowest BCUT2D eigenvalue weighted by molar-refractivity contribution is -0.201. The average molecular weight is 294 g/mol. The number of nitrogens with zero attached hydrogens (tertiary/aromatic N) is 1. The Kier molecular flexibility index (Phi) is 4.59. The molecule has 1 aliphatic heterocycles. The lowest BCUT2D eigenvalue weighted by atomic mass is 9.78. The number of aliphatic hydroxyl groups is 1. The number of halogens is 3. The van der Waals surface area contributed by atoms with Crippen molar-refractivity contribution in [2.75, 3.05) is 20.1 Å². The molecule has 1 aliphatic carbocycles. The number of carbonyl (C=O) groups is 1. The molecule has 4 atom stereocenters. The minimum atomic E-state index is -4.33. The molecule has 20 heavy (non-hydrogen) atoms. The number of hydrogen-bond donors (Lipinski definition) is 2. The van der Waals surface area contributed by atoms with Gasteiger partial charge in [0.1, 0.15) is 0 Å². The number of hydrogen-bond acceptors (Lipinski definition) is 3. The highest BCUT2D eigenvalue weighted by atomic mass is 19.4. The summed E-state index contributed by atoms with van der Waals surface area (Å²) in [5.41, 5.74) is 0. The van der Waals surface area contributed by atoms with Crippen LogP contribution in [0, 0.1) is 11.8 Å². The number of β-amino-alcohol motifs (C(OH)–C–C–N with tert-alkyl or cyclic N) is 1. The normalized spacial score (nSPS) is 35.0. The zero-order valence-corrected chi connectivity index (χ0v) is 11.5. The quantitative estimate of drug-likeness (QED) is 0.803. The third-order valence-corrected chi connectivity index (χ3v) is 4.50. The highest BCUT2D eigenvalue weighted by molar-refractivity contribution is 5.79. The van der Waals surface area contributed by atoms with Crippen LogP contribution in [0.2, 0.25) is 0 Å². The maximum absolute atomic E-state index is 13.0. The van der Waals surface area contributed by atoms with Crippen molar-refractivity contribution in [3.8, 4) is 0 Å². The molecule has 2 rings (SSSR count). The minimum absolute atomic E-state index is 0.0270. The SMILES string of the molecule is CN(C(=O)C1CCCCC1C(F)(F)F)[C@@H]1CNC[C@H]1O. The van der Waals surface area contributed by atoms with E-state index in [0.29, 0.717) is 25.9 Å². The first-order valence-corrected chi connectivity index (χ1v) is 7.04. The highest BCUT2D eigenvalue weighted by Gasteiger charge is 2.49. The Morgan fingerprint density at radius 2 is 1.90 bits per heavy atom. The highest BCUT2D eigenvalue weighted by Crippen LogP contribution is 2.42. The fourth-order valence-electron chi connectivity index (χ4n) is 3.29. The van der Waals surface area contributed by atoms with Crippen LogP contribution >= 0.6 is 0 Å². The van der Waals surface area contributed by atoms with Crippen LogP contribution in [0.1, 0.15) is 25.7 Å². The molecule has 4 nitrogen and oxygen atoms in total. The number of aliphatic hydroxyl groups excluding tert-OH is 1. The van der Waals surface area contributed by atoms with E-state index in [-0.39, 0.29) is 12.8 Å². The molecule has 116 valence electrons. The maximum atomic E-state index is 13.0. The van der Waals surface area contributed by atoms with Gasteiger partial charge in [-0.1, -0.05) is 12.8 Å². The molecule has 1 saturated heterocycles. The van der Waals surface area contributed by atoms with Crippen molar-refractivity contribution in [2.45, 2.75) is 44.0 Å². The largest absolute Gasteiger partial charge is 0.392 e. The molecule has 1 heterocycles. The van der Waals surface area contributed by atoms with Crippen LogP contribution in [-0.2, 0) is 4.79 Å².